The molecule has 1 amide bonds. The van der Waals surface area contributed by atoms with E-state index in [0.29, 0.717) is 11.8 Å². The smallest absolute Gasteiger partial charge is 0.243 e. The van der Waals surface area contributed by atoms with Gasteiger partial charge in [-0.25, -0.2) is 0 Å². The van der Waals surface area contributed by atoms with Crippen LogP contribution in [0.3, 0.4) is 0 Å². The molecule has 0 spiro atoms. The highest BCUT2D eigenvalue weighted by Crippen LogP contribution is 2.39. The number of para-hydroxylation sites is 1. The quantitative estimate of drug-likeness (QED) is 0.891. The Hall–Kier alpha value is -2.14. The molecule has 0 aromatic heterocycles. The highest BCUT2D eigenvalue weighted by Gasteiger charge is 2.25. The zero-order valence-corrected chi connectivity index (χ0v) is 14.8. The fourth-order valence-electron chi connectivity index (χ4n) is 2.79. The Balaban J connectivity index is 1.69. The van der Waals surface area contributed by atoms with Crippen LogP contribution in [-0.2, 0) is 4.79 Å². The molecule has 0 bridgehead atoms. The highest BCUT2D eigenvalue weighted by atomic mass is 32.2. The summed E-state index contributed by atoms with van der Waals surface area (Å²) in [7, 11) is 1.63. The Kier molecular flexibility index (Phi) is 5.30. The van der Waals surface area contributed by atoms with Crippen molar-refractivity contribution in [3.8, 4) is 5.75 Å². The molecule has 1 N–H and O–H groups in total. The second-order valence-corrected chi connectivity index (χ2v) is 7.12. The molecule has 0 radical (unpaired) electrons. The molecule has 1 aliphatic heterocycles. The van der Waals surface area contributed by atoms with Crippen LogP contribution in [0.5, 0.6) is 5.75 Å². The lowest BCUT2D eigenvalue weighted by atomic mass is 10.2. The Morgan fingerprint density at radius 2 is 2.00 bits per heavy atom. The summed E-state index contributed by atoms with van der Waals surface area (Å²) in [5.74, 6) is 0.775. The number of fused-ring (bicyclic) bond motifs is 1. The number of amides is 1. The van der Waals surface area contributed by atoms with Gasteiger partial charge in [-0.15, -0.1) is 11.8 Å². The van der Waals surface area contributed by atoms with E-state index in [1.807, 2.05) is 42.1 Å². The van der Waals surface area contributed by atoms with Crippen LogP contribution < -0.4 is 15.0 Å². The average Bonchev–Trinajstić information content (AvgIpc) is 2.62. The van der Waals surface area contributed by atoms with E-state index in [1.54, 1.807) is 7.11 Å². The summed E-state index contributed by atoms with van der Waals surface area (Å²) in [6.45, 7) is 3.45. The lowest BCUT2D eigenvalue weighted by Gasteiger charge is -2.34. The van der Waals surface area contributed by atoms with Gasteiger partial charge in [0.25, 0.3) is 0 Å². The van der Waals surface area contributed by atoms with Crippen LogP contribution in [0.25, 0.3) is 0 Å². The molecule has 0 aliphatic carbocycles. The minimum atomic E-state index is -0.00303. The Labute approximate surface area is 147 Å². The number of hydrogen-bond donors (Lipinski definition) is 1. The first-order chi connectivity index (χ1) is 11.7. The summed E-state index contributed by atoms with van der Waals surface area (Å²) in [4.78, 5) is 15.9. The van der Waals surface area contributed by atoms with Gasteiger partial charge < -0.3 is 15.0 Å². The molecule has 1 aliphatic rings. The Bertz CT molecular complexity index is 703. The molecule has 24 heavy (non-hydrogen) atoms. The second-order valence-electron chi connectivity index (χ2n) is 5.77. The minimum Gasteiger partial charge on any atom is -0.497 e. The van der Waals surface area contributed by atoms with Crippen LogP contribution >= 0.6 is 11.8 Å². The SMILES string of the molecule is CC[C@H]1CN(CC(=O)Nc2ccc(OC)cc2)c2ccccc2S1. The Morgan fingerprint density at radius 1 is 1.25 bits per heavy atom. The van der Waals surface area contributed by atoms with E-state index in [0.717, 1.165) is 30.1 Å². The van der Waals surface area contributed by atoms with E-state index in [4.69, 9.17) is 4.74 Å². The van der Waals surface area contributed by atoms with Crippen LogP contribution in [0.1, 0.15) is 13.3 Å². The summed E-state index contributed by atoms with van der Waals surface area (Å²) in [5.41, 5.74) is 1.93. The predicted molar refractivity (Wildman–Crippen MR) is 100 cm³/mol. The number of nitrogens with zero attached hydrogens (tertiary/aromatic N) is 1. The fraction of sp³-hybridized carbons (Fsp3) is 0.316. The Morgan fingerprint density at radius 3 is 2.71 bits per heavy atom. The van der Waals surface area contributed by atoms with Crippen LogP contribution in [-0.4, -0.2) is 31.4 Å². The van der Waals surface area contributed by atoms with Gasteiger partial charge in [0.15, 0.2) is 0 Å². The zero-order chi connectivity index (χ0) is 16.9. The van der Waals surface area contributed by atoms with Crippen molar-refractivity contribution in [2.45, 2.75) is 23.5 Å². The number of hydrogen-bond acceptors (Lipinski definition) is 4. The summed E-state index contributed by atoms with van der Waals surface area (Å²) >= 11 is 1.91. The first-order valence-corrected chi connectivity index (χ1v) is 9.02. The molecular formula is C19H22N2O2S. The average molecular weight is 342 g/mol. The van der Waals surface area contributed by atoms with Crippen molar-refractivity contribution in [2.24, 2.45) is 0 Å². The third-order valence-electron chi connectivity index (χ3n) is 4.09. The third kappa shape index (κ3) is 3.85. The van der Waals surface area contributed by atoms with Crippen LogP contribution in [0.2, 0.25) is 0 Å². The van der Waals surface area contributed by atoms with Crippen molar-refractivity contribution in [1.82, 2.24) is 0 Å². The van der Waals surface area contributed by atoms with E-state index in [-0.39, 0.29) is 5.91 Å². The van der Waals surface area contributed by atoms with E-state index in [9.17, 15) is 4.79 Å². The fourth-order valence-corrected chi connectivity index (χ4v) is 4.04. The monoisotopic (exact) mass is 342 g/mol. The highest BCUT2D eigenvalue weighted by molar-refractivity contribution is 8.00. The second kappa shape index (κ2) is 7.62. The molecule has 2 aromatic rings. The molecule has 0 unspecified atom stereocenters. The summed E-state index contributed by atoms with van der Waals surface area (Å²) in [6, 6.07) is 15.7. The molecule has 1 atom stereocenters. The molecule has 4 nitrogen and oxygen atoms in total. The third-order valence-corrected chi connectivity index (χ3v) is 5.50. The zero-order valence-electron chi connectivity index (χ0n) is 14.0. The van der Waals surface area contributed by atoms with Crippen LogP contribution in [0, 0.1) is 0 Å². The van der Waals surface area contributed by atoms with Crippen LogP contribution in [0.4, 0.5) is 11.4 Å². The molecule has 2 aromatic carbocycles. The number of rotatable bonds is 5. The maximum absolute atomic E-state index is 12.4. The van der Waals surface area contributed by atoms with Crippen molar-refractivity contribution >= 4 is 29.0 Å². The number of methoxy groups -OCH3 is 1. The van der Waals surface area contributed by atoms with E-state index in [2.05, 4.69) is 35.3 Å². The summed E-state index contributed by atoms with van der Waals surface area (Å²) < 4.78 is 5.14. The number of anilines is 2. The first kappa shape index (κ1) is 16.7. The van der Waals surface area contributed by atoms with Gasteiger partial charge >= 0.3 is 0 Å². The van der Waals surface area contributed by atoms with Crippen LogP contribution in [0.15, 0.2) is 53.4 Å². The number of benzene rings is 2. The maximum Gasteiger partial charge on any atom is 0.243 e. The molecular weight excluding hydrogens is 320 g/mol. The maximum atomic E-state index is 12.4. The number of carbonyl (C=O) groups excluding carboxylic acids is 1. The van der Waals surface area contributed by atoms with E-state index >= 15 is 0 Å². The predicted octanol–water partition coefficient (Wildman–Crippen LogP) is 4.02. The molecule has 0 saturated heterocycles. The van der Waals surface area contributed by atoms with E-state index in [1.165, 1.54) is 4.90 Å². The van der Waals surface area contributed by atoms with Gasteiger partial charge in [0.1, 0.15) is 5.75 Å². The number of thioether (sulfide) groups is 1. The van der Waals surface area contributed by atoms with Gasteiger partial charge in [-0.3, -0.25) is 4.79 Å². The van der Waals surface area contributed by atoms with Crippen molar-refractivity contribution in [1.29, 1.82) is 0 Å². The largest absolute Gasteiger partial charge is 0.497 e. The van der Waals surface area contributed by atoms with E-state index < -0.39 is 0 Å². The molecule has 3 rings (SSSR count). The van der Waals surface area contributed by atoms with Crippen molar-refractivity contribution in [3.63, 3.8) is 0 Å². The topological polar surface area (TPSA) is 41.6 Å². The summed E-state index contributed by atoms with van der Waals surface area (Å²) in [5, 5.41) is 3.48. The van der Waals surface area contributed by atoms with Crippen molar-refractivity contribution < 1.29 is 9.53 Å². The first-order valence-electron chi connectivity index (χ1n) is 8.14. The molecule has 126 valence electrons. The normalized spacial score (nSPS) is 16.4. The number of ether oxygens (including phenoxy) is 1. The minimum absolute atomic E-state index is 0.00303. The number of nitrogens with one attached hydrogen (secondary N) is 1. The molecule has 0 saturated carbocycles. The van der Waals surface area contributed by atoms with Crippen molar-refractivity contribution in [3.05, 3.63) is 48.5 Å². The standard InChI is InChI=1S/C19H22N2O2S/c1-3-16-12-21(17-6-4-5-7-18(17)24-16)13-19(22)20-14-8-10-15(23-2)11-9-14/h4-11,16H,3,12-13H2,1-2H3,(H,20,22)/t16-/m0/s1. The van der Waals surface area contributed by atoms with Gasteiger partial charge in [0.2, 0.25) is 5.91 Å². The van der Waals surface area contributed by atoms with Gasteiger partial charge in [0.05, 0.1) is 19.3 Å². The number of carbonyl (C=O) groups is 1. The molecule has 1 heterocycles. The lowest BCUT2D eigenvalue weighted by Crippen LogP contribution is -2.40. The van der Waals surface area contributed by atoms with Gasteiger partial charge in [-0.1, -0.05) is 19.1 Å². The molecule has 0 fully saturated rings. The van der Waals surface area contributed by atoms with Gasteiger partial charge in [-0.05, 0) is 42.8 Å². The lowest BCUT2D eigenvalue weighted by molar-refractivity contribution is -0.115. The molecule has 5 heteroatoms. The van der Waals surface area contributed by atoms with Crippen molar-refractivity contribution in [2.75, 3.05) is 30.4 Å². The van der Waals surface area contributed by atoms with Gasteiger partial charge in [-0.2, -0.15) is 0 Å². The van der Waals surface area contributed by atoms with Gasteiger partial charge in [0, 0.05) is 22.4 Å². The summed E-state index contributed by atoms with van der Waals surface area (Å²) in [6.07, 6.45) is 1.09.